The molecular weight excluding hydrogens is 390 g/mol. The van der Waals surface area contributed by atoms with Crippen molar-refractivity contribution in [2.75, 3.05) is 0 Å². The number of nitrogens with zero attached hydrogens (tertiary/aromatic N) is 2. The molecule has 110 valence electrons. The Labute approximate surface area is 137 Å². The van der Waals surface area contributed by atoms with Crippen LogP contribution in [0.3, 0.4) is 0 Å². The normalized spacial score (nSPS) is 13.9. The molecule has 1 unspecified atom stereocenters. The highest BCUT2D eigenvalue weighted by atomic mass is 127. The number of rotatable bonds is 3. The minimum absolute atomic E-state index is 0.182. The van der Waals surface area contributed by atoms with Gasteiger partial charge < -0.3 is 4.57 Å². The molecule has 0 fully saturated rings. The molecule has 0 radical (unpaired) electrons. The van der Waals surface area contributed by atoms with E-state index in [1.165, 1.54) is 0 Å². The van der Waals surface area contributed by atoms with Crippen LogP contribution < -0.4 is 0 Å². The highest BCUT2D eigenvalue weighted by Crippen LogP contribution is 2.30. The van der Waals surface area contributed by atoms with Gasteiger partial charge in [0.25, 0.3) is 0 Å². The SMILES string of the molecule is CC(Cn1c(CCl)nc2cc(I)c(F)cc21)C(C)(C)C. The van der Waals surface area contributed by atoms with Gasteiger partial charge in [-0.25, -0.2) is 9.37 Å². The summed E-state index contributed by atoms with van der Waals surface area (Å²) >= 11 is 7.99. The van der Waals surface area contributed by atoms with Crippen LogP contribution in [0.4, 0.5) is 4.39 Å². The maximum Gasteiger partial charge on any atom is 0.138 e. The molecule has 1 aromatic heterocycles. The number of imidazole rings is 1. The summed E-state index contributed by atoms with van der Waals surface area (Å²) in [6.07, 6.45) is 0. The molecule has 0 saturated heterocycles. The summed E-state index contributed by atoms with van der Waals surface area (Å²) in [5, 5.41) is 0. The predicted octanol–water partition coefficient (Wildman–Crippen LogP) is 5.20. The Morgan fingerprint density at radius 3 is 2.60 bits per heavy atom. The summed E-state index contributed by atoms with van der Waals surface area (Å²) in [6.45, 7) is 9.62. The lowest BCUT2D eigenvalue weighted by Gasteiger charge is -2.28. The monoisotopic (exact) mass is 408 g/mol. The van der Waals surface area contributed by atoms with E-state index in [2.05, 4.69) is 37.2 Å². The van der Waals surface area contributed by atoms with Crippen LogP contribution in [-0.2, 0) is 12.4 Å². The minimum atomic E-state index is -0.205. The van der Waals surface area contributed by atoms with E-state index < -0.39 is 0 Å². The molecule has 5 heteroatoms. The second-order valence-electron chi connectivity index (χ2n) is 6.29. The number of alkyl halides is 1. The molecule has 20 heavy (non-hydrogen) atoms. The van der Waals surface area contributed by atoms with Crippen LogP contribution in [0.25, 0.3) is 11.0 Å². The number of benzene rings is 1. The van der Waals surface area contributed by atoms with Gasteiger partial charge >= 0.3 is 0 Å². The van der Waals surface area contributed by atoms with Crippen molar-refractivity contribution in [3.63, 3.8) is 0 Å². The Balaban J connectivity index is 2.53. The fourth-order valence-electron chi connectivity index (χ4n) is 2.02. The quantitative estimate of drug-likeness (QED) is 0.504. The number of hydrogen-bond acceptors (Lipinski definition) is 1. The summed E-state index contributed by atoms with van der Waals surface area (Å²) in [6, 6.07) is 3.34. The lowest BCUT2D eigenvalue weighted by atomic mass is 9.82. The zero-order valence-electron chi connectivity index (χ0n) is 12.2. The maximum atomic E-state index is 13.8. The van der Waals surface area contributed by atoms with Crippen molar-refractivity contribution in [3.05, 3.63) is 27.3 Å². The van der Waals surface area contributed by atoms with Crippen LogP contribution in [0.5, 0.6) is 0 Å². The zero-order chi connectivity index (χ0) is 15.1. The van der Waals surface area contributed by atoms with Gasteiger partial charge in [-0.2, -0.15) is 0 Å². The van der Waals surface area contributed by atoms with E-state index >= 15 is 0 Å². The Bertz CT molecular complexity index is 631. The summed E-state index contributed by atoms with van der Waals surface area (Å²) in [7, 11) is 0. The van der Waals surface area contributed by atoms with Gasteiger partial charge in [0.2, 0.25) is 0 Å². The molecule has 0 aliphatic rings. The van der Waals surface area contributed by atoms with Gasteiger partial charge in [-0.15, -0.1) is 11.6 Å². The van der Waals surface area contributed by atoms with Crippen molar-refractivity contribution in [2.24, 2.45) is 11.3 Å². The van der Waals surface area contributed by atoms with Gasteiger partial charge in [0.15, 0.2) is 0 Å². The smallest absolute Gasteiger partial charge is 0.138 e. The molecule has 0 N–H and O–H groups in total. The first-order chi connectivity index (χ1) is 9.24. The fourth-order valence-corrected chi connectivity index (χ4v) is 2.68. The van der Waals surface area contributed by atoms with Crippen molar-refractivity contribution in [3.8, 4) is 0 Å². The van der Waals surface area contributed by atoms with Crippen LogP contribution in [0, 0.1) is 20.7 Å². The van der Waals surface area contributed by atoms with Gasteiger partial charge in [0.1, 0.15) is 11.6 Å². The Kier molecular flexibility index (Phi) is 4.64. The summed E-state index contributed by atoms with van der Waals surface area (Å²) in [5.41, 5.74) is 1.82. The minimum Gasteiger partial charge on any atom is -0.327 e. The average molecular weight is 409 g/mol. The predicted molar refractivity (Wildman–Crippen MR) is 90.6 cm³/mol. The first-order valence-corrected chi connectivity index (χ1v) is 8.25. The molecule has 1 heterocycles. The van der Waals surface area contributed by atoms with E-state index in [1.54, 1.807) is 12.1 Å². The second-order valence-corrected chi connectivity index (χ2v) is 7.72. The third-order valence-corrected chi connectivity index (χ3v) is 4.99. The molecular formula is C15H19ClFIN2. The molecule has 2 nitrogen and oxygen atoms in total. The van der Waals surface area contributed by atoms with E-state index in [9.17, 15) is 4.39 Å². The molecule has 0 spiro atoms. The zero-order valence-corrected chi connectivity index (χ0v) is 15.1. The highest BCUT2D eigenvalue weighted by molar-refractivity contribution is 14.1. The third kappa shape index (κ3) is 3.11. The van der Waals surface area contributed by atoms with Crippen LogP contribution in [0.15, 0.2) is 12.1 Å². The molecule has 0 saturated carbocycles. The number of fused-ring (bicyclic) bond motifs is 1. The van der Waals surface area contributed by atoms with Gasteiger partial charge in [0, 0.05) is 12.6 Å². The highest BCUT2D eigenvalue weighted by Gasteiger charge is 2.23. The van der Waals surface area contributed by atoms with E-state index in [-0.39, 0.29) is 11.2 Å². The number of hydrogen-bond donors (Lipinski definition) is 0. The lowest BCUT2D eigenvalue weighted by molar-refractivity contribution is 0.233. The topological polar surface area (TPSA) is 17.8 Å². The van der Waals surface area contributed by atoms with Crippen molar-refractivity contribution < 1.29 is 4.39 Å². The second kappa shape index (κ2) is 5.79. The Morgan fingerprint density at radius 1 is 1.40 bits per heavy atom. The van der Waals surface area contributed by atoms with E-state index in [0.717, 1.165) is 23.4 Å². The van der Waals surface area contributed by atoms with Gasteiger partial charge in [0.05, 0.1) is 20.5 Å². The van der Waals surface area contributed by atoms with Crippen molar-refractivity contribution in [1.82, 2.24) is 9.55 Å². The van der Waals surface area contributed by atoms with Crippen LogP contribution in [0.1, 0.15) is 33.5 Å². The first kappa shape index (κ1) is 16.0. The van der Waals surface area contributed by atoms with Crippen LogP contribution >= 0.6 is 34.2 Å². The average Bonchev–Trinajstić information content (AvgIpc) is 2.66. The van der Waals surface area contributed by atoms with Crippen molar-refractivity contribution >= 4 is 45.2 Å². The molecule has 1 atom stereocenters. The summed E-state index contributed by atoms with van der Waals surface area (Å²) < 4.78 is 16.5. The molecule has 0 bridgehead atoms. The molecule has 0 amide bonds. The third-order valence-electron chi connectivity index (χ3n) is 3.92. The molecule has 1 aromatic carbocycles. The fraction of sp³-hybridized carbons (Fsp3) is 0.533. The van der Waals surface area contributed by atoms with Gasteiger partial charge in [-0.1, -0.05) is 27.7 Å². The molecule has 2 aromatic rings. The van der Waals surface area contributed by atoms with Crippen LogP contribution in [0.2, 0.25) is 0 Å². The largest absolute Gasteiger partial charge is 0.327 e. The Hall–Kier alpha value is -0.360. The standard InChI is InChI=1S/C15H19ClFIN2/c1-9(15(2,3)4)8-20-13-5-10(17)11(18)6-12(13)19-14(20)7-16/h5-6,9H,7-8H2,1-4H3. The van der Waals surface area contributed by atoms with E-state index in [4.69, 9.17) is 11.6 Å². The summed E-state index contributed by atoms with van der Waals surface area (Å²) in [5.74, 6) is 1.37. The lowest BCUT2D eigenvalue weighted by Crippen LogP contribution is -2.23. The number of halogens is 3. The molecule has 0 aliphatic heterocycles. The van der Waals surface area contributed by atoms with E-state index in [1.807, 2.05) is 22.6 Å². The van der Waals surface area contributed by atoms with Gasteiger partial charge in [-0.05, 0) is 40.0 Å². The van der Waals surface area contributed by atoms with Gasteiger partial charge in [-0.3, -0.25) is 0 Å². The van der Waals surface area contributed by atoms with Crippen LogP contribution in [-0.4, -0.2) is 9.55 Å². The number of aromatic nitrogens is 2. The summed E-state index contributed by atoms with van der Waals surface area (Å²) in [4.78, 5) is 4.53. The Morgan fingerprint density at radius 2 is 2.05 bits per heavy atom. The first-order valence-electron chi connectivity index (χ1n) is 6.64. The maximum absolute atomic E-state index is 13.8. The molecule has 2 rings (SSSR count). The van der Waals surface area contributed by atoms with Crippen molar-refractivity contribution in [2.45, 2.75) is 40.1 Å². The molecule has 0 aliphatic carbocycles. The van der Waals surface area contributed by atoms with Crippen molar-refractivity contribution in [1.29, 1.82) is 0 Å². The van der Waals surface area contributed by atoms with E-state index in [0.29, 0.717) is 15.4 Å².